The van der Waals surface area contributed by atoms with Crippen molar-refractivity contribution in [1.29, 1.82) is 0 Å². The van der Waals surface area contributed by atoms with Gasteiger partial charge < -0.3 is 10.2 Å². The van der Waals surface area contributed by atoms with E-state index in [4.69, 9.17) is 0 Å². The Morgan fingerprint density at radius 3 is 2.30 bits per heavy atom. The zero-order chi connectivity index (χ0) is 19.6. The van der Waals surface area contributed by atoms with Gasteiger partial charge in [-0.15, -0.1) is 0 Å². The molecule has 0 atom stereocenters. The summed E-state index contributed by atoms with van der Waals surface area (Å²) in [5.74, 6) is -0.559. The number of amides is 2. The van der Waals surface area contributed by atoms with E-state index < -0.39 is 10.0 Å². The fraction of sp³-hybridized carbons (Fsp3) is 0.263. The molecule has 7 nitrogen and oxygen atoms in total. The van der Waals surface area contributed by atoms with Crippen molar-refractivity contribution in [2.45, 2.75) is 11.8 Å². The van der Waals surface area contributed by atoms with Crippen LogP contribution in [0, 0.1) is 6.92 Å². The highest BCUT2D eigenvalue weighted by Crippen LogP contribution is 2.20. The van der Waals surface area contributed by atoms with Gasteiger partial charge in [-0.05, 0) is 43.3 Å². The number of hydrogen-bond donors (Lipinski definition) is 1. The average molecular weight is 387 g/mol. The van der Waals surface area contributed by atoms with E-state index in [1.807, 2.05) is 31.2 Å². The number of carbonyl (C=O) groups excluding carboxylic acids is 2. The zero-order valence-corrected chi connectivity index (χ0v) is 16.0. The van der Waals surface area contributed by atoms with Gasteiger partial charge in [0.1, 0.15) is 0 Å². The SMILES string of the molecule is Cc1ccc(N(C)C(=O)c2ccc(S(=O)(=O)N3CCNC(=O)C3)cc2)cc1. The predicted molar refractivity (Wildman–Crippen MR) is 102 cm³/mol. The van der Waals surface area contributed by atoms with Crippen LogP contribution in [0.15, 0.2) is 53.4 Å². The first-order valence-corrected chi connectivity index (χ1v) is 9.95. The molecule has 2 aromatic carbocycles. The Morgan fingerprint density at radius 2 is 1.70 bits per heavy atom. The summed E-state index contributed by atoms with van der Waals surface area (Å²) in [5.41, 5.74) is 2.23. The Hall–Kier alpha value is -2.71. The van der Waals surface area contributed by atoms with Gasteiger partial charge >= 0.3 is 0 Å². The summed E-state index contributed by atoms with van der Waals surface area (Å²) in [7, 11) is -2.10. The number of sulfonamides is 1. The second-order valence-electron chi connectivity index (χ2n) is 6.41. The molecule has 1 heterocycles. The normalized spacial score (nSPS) is 15.3. The minimum absolute atomic E-state index is 0.0618. The lowest BCUT2D eigenvalue weighted by Gasteiger charge is -2.26. The highest BCUT2D eigenvalue weighted by molar-refractivity contribution is 7.89. The molecule has 142 valence electrons. The molecule has 0 aromatic heterocycles. The van der Waals surface area contributed by atoms with Crippen molar-refractivity contribution >= 4 is 27.5 Å². The van der Waals surface area contributed by atoms with Crippen LogP contribution in [0.3, 0.4) is 0 Å². The summed E-state index contributed by atoms with van der Waals surface area (Å²) in [4.78, 5) is 25.7. The largest absolute Gasteiger partial charge is 0.354 e. The first kappa shape index (κ1) is 19.1. The molecular formula is C19H21N3O4S. The molecule has 1 fully saturated rings. The summed E-state index contributed by atoms with van der Waals surface area (Å²) in [5, 5.41) is 2.60. The molecule has 0 saturated carbocycles. The molecule has 27 heavy (non-hydrogen) atoms. The monoisotopic (exact) mass is 387 g/mol. The third-order valence-corrected chi connectivity index (χ3v) is 6.33. The number of nitrogens with one attached hydrogen (secondary N) is 1. The second-order valence-corrected chi connectivity index (χ2v) is 8.35. The van der Waals surface area contributed by atoms with Gasteiger partial charge in [0.25, 0.3) is 5.91 Å². The van der Waals surface area contributed by atoms with Gasteiger partial charge in [0, 0.05) is 31.4 Å². The van der Waals surface area contributed by atoms with Crippen LogP contribution in [-0.2, 0) is 14.8 Å². The number of carbonyl (C=O) groups is 2. The van der Waals surface area contributed by atoms with Crippen molar-refractivity contribution in [2.75, 3.05) is 31.6 Å². The van der Waals surface area contributed by atoms with Crippen LogP contribution in [-0.4, -0.2) is 51.2 Å². The Kier molecular flexibility index (Phi) is 5.29. The molecule has 0 aliphatic carbocycles. The zero-order valence-electron chi connectivity index (χ0n) is 15.2. The van der Waals surface area contributed by atoms with Gasteiger partial charge in [-0.3, -0.25) is 9.59 Å². The van der Waals surface area contributed by atoms with Crippen LogP contribution in [0.2, 0.25) is 0 Å². The molecule has 2 amide bonds. The number of nitrogens with zero attached hydrogens (tertiary/aromatic N) is 2. The standard InChI is InChI=1S/C19H21N3O4S/c1-14-3-7-16(8-4-14)21(2)19(24)15-5-9-17(10-6-15)27(25,26)22-12-11-20-18(23)13-22/h3-10H,11-13H2,1-2H3,(H,20,23). The van der Waals surface area contributed by atoms with Crippen molar-refractivity contribution in [2.24, 2.45) is 0 Å². The number of aryl methyl sites for hydroxylation is 1. The summed E-state index contributed by atoms with van der Waals surface area (Å²) >= 11 is 0. The maximum atomic E-state index is 12.7. The van der Waals surface area contributed by atoms with Crippen molar-refractivity contribution in [3.05, 3.63) is 59.7 Å². The molecular weight excluding hydrogens is 366 g/mol. The molecule has 8 heteroatoms. The third-order valence-electron chi connectivity index (χ3n) is 4.47. The quantitative estimate of drug-likeness (QED) is 0.859. The van der Waals surface area contributed by atoms with Crippen molar-refractivity contribution in [3.8, 4) is 0 Å². The molecule has 0 spiro atoms. The van der Waals surface area contributed by atoms with E-state index >= 15 is 0 Å². The van der Waals surface area contributed by atoms with Gasteiger partial charge in [-0.25, -0.2) is 8.42 Å². The lowest BCUT2D eigenvalue weighted by Crippen LogP contribution is -2.49. The van der Waals surface area contributed by atoms with E-state index in [0.29, 0.717) is 5.56 Å². The first-order valence-electron chi connectivity index (χ1n) is 8.51. The Bertz CT molecular complexity index is 953. The number of anilines is 1. The average Bonchev–Trinajstić information content (AvgIpc) is 2.67. The Labute approximate surface area is 158 Å². The number of rotatable bonds is 4. The molecule has 0 bridgehead atoms. The summed E-state index contributed by atoms with van der Waals surface area (Å²) in [6, 6.07) is 13.3. The van der Waals surface area contributed by atoms with Gasteiger partial charge in [-0.2, -0.15) is 4.31 Å². The van der Waals surface area contributed by atoms with E-state index in [9.17, 15) is 18.0 Å². The van der Waals surface area contributed by atoms with Crippen molar-refractivity contribution in [3.63, 3.8) is 0 Å². The number of benzene rings is 2. The van der Waals surface area contributed by atoms with Crippen molar-refractivity contribution < 1.29 is 18.0 Å². The smallest absolute Gasteiger partial charge is 0.258 e. The van der Waals surface area contributed by atoms with Crippen LogP contribution >= 0.6 is 0 Å². The molecule has 1 saturated heterocycles. The van der Waals surface area contributed by atoms with Gasteiger partial charge in [0.05, 0.1) is 11.4 Å². The van der Waals surface area contributed by atoms with E-state index in [-0.39, 0.29) is 36.3 Å². The lowest BCUT2D eigenvalue weighted by atomic mass is 10.1. The number of piperazine rings is 1. The van der Waals surface area contributed by atoms with E-state index in [1.54, 1.807) is 7.05 Å². The molecule has 0 radical (unpaired) electrons. The van der Waals surface area contributed by atoms with Gasteiger partial charge in [0.15, 0.2) is 0 Å². The third kappa shape index (κ3) is 4.01. The van der Waals surface area contributed by atoms with E-state index in [2.05, 4.69) is 5.32 Å². The van der Waals surface area contributed by atoms with Crippen LogP contribution < -0.4 is 10.2 Å². The molecule has 1 N–H and O–H groups in total. The molecule has 2 aromatic rings. The fourth-order valence-corrected chi connectivity index (χ4v) is 4.22. The topological polar surface area (TPSA) is 86.8 Å². The number of hydrogen-bond acceptors (Lipinski definition) is 4. The molecule has 1 aliphatic rings. The van der Waals surface area contributed by atoms with Crippen LogP contribution in [0.25, 0.3) is 0 Å². The van der Waals surface area contributed by atoms with Crippen LogP contribution in [0.5, 0.6) is 0 Å². The first-order chi connectivity index (χ1) is 12.8. The van der Waals surface area contributed by atoms with Crippen LogP contribution in [0.1, 0.15) is 15.9 Å². The lowest BCUT2D eigenvalue weighted by molar-refractivity contribution is -0.122. The maximum Gasteiger partial charge on any atom is 0.258 e. The summed E-state index contributed by atoms with van der Waals surface area (Å²) < 4.78 is 26.4. The van der Waals surface area contributed by atoms with Gasteiger partial charge in [0.2, 0.25) is 15.9 Å². The highest BCUT2D eigenvalue weighted by atomic mass is 32.2. The van der Waals surface area contributed by atoms with E-state index in [1.165, 1.54) is 29.2 Å². The highest BCUT2D eigenvalue weighted by Gasteiger charge is 2.29. The molecule has 0 unspecified atom stereocenters. The fourth-order valence-electron chi connectivity index (χ4n) is 2.82. The van der Waals surface area contributed by atoms with Gasteiger partial charge in [-0.1, -0.05) is 17.7 Å². The minimum atomic E-state index is -3.77. The maximum absolute atomic E-state index is 12.7. The predicted octanol–water partition coefficient (Wildman–Crippen LogP) is 1.39. The van der Waals surface area contributed by atoms with E-state index in [0.717, 1.165) is 15.6 Å². The second kappa shape index (κ2) is 7.50. The summed E-state index contributed by atoms with van der Waals surface area (Å²) in [6.07, 6.45) is 0. The Morgan fingerprint density at radius 1 is 1.07 bits per heavy atom. The molecule has 3 rings (SSSR count). The van der Waals surface area contributed by atoms with Crippen molar-refractivity contribution in [1.82, 2.24) is 9.62 Å². The van der Waals surface area contributed by atoms with Crippen LogP contribution in [0.4, 0.5) is 5.69 Å². The summed E-state index contributed by atoms with van der Waals surface area (Å²) in [6.45, 7) is 2.29. The Balaban J connectivity index is 1.79. The minimum Gasteiger partial charge on any atom is -0.354 e. The molecule has 1 aliphatic heterocycles.